The molecule has 1 heterocycles. The number of hydrogen-bond donors (Lipinski definition) is 1. The standard InChI is InChI=1S/C12H12F2N2O/c1-8(17)7-16-5-4-15-12(16)10-6-9(13)2-3-11(10)14/h2-6,8,17H,7H2,1H3. The molecular weight excluding hydrogens is 226 g/mol. The Morgan fingerprint density at radius 3 is 2.88 bits per heavy atom. The van der Waals surface area contributed by atoms with Crippen molar-refractivity contribution in [1.82, 2.24) is 9.55 Å². The summed E-state index contributed by atoms with van der Waals surface area (Å²) >= 11 is 0. The van der Waals surface area contributed by atoms with Gasteiger partial charge in [-0.15, -0.1) is 0 Å². The van der Waals surface area contributed by atoms with E-state index < -0.39 is 17.7 Å². The van der Waals surface area contributed by atoms with E-state index in [1.54, 1.807) is 17.7 Å². The Morgan fingerprint density at radius 2 is 2.18 bits per heavy atom. The van der Waals surface area contributed by atoms with Crippen molar-refractivity contribution < 1.29 is 13.9 Å². The summed E-state index contributed by atoms with van der Waals surface area (Å²) in [4.78, 5) is 3.99. The predicted octanol–water partition coefficient (Wildman–Crippen LogP) is 2.21. The summed E-state index contributed by atoms with van der Waals surface area (Å²) < 4.78 is 28.2. The lowest BCUT2D eigenvalue weighted by Gasteiger charge is -2.10. The molecule has 0 saturated carbocycles. The van der Waals surface area contributed by atoms with Crippen LogP contribution in [0.1, 0.15) is 6.92 Å². The molecule has 1 atom stereocenters. The van der Waals surface area contributed by atoms with Gasteiger partial charge in [0.1, 0.15) is 17.5 Å². The average molecular weight is 238 g/mol. The van der Waals surface area contributed by atoms with Gasteiger partial charge in [-0.3, -0.25) is 0 Å². The molecule has 0 aliphatic carbocycles. The molecule has 1 aromatic heterocycles. The molecule has 17 heavy (non-hydrogen) atoms. The lowest BCUT2D eigenvalue weighted by Crippen LogP contribution is -2.12. The van der Waals surface area contributed by atoms with E-state index in [2.05, 4.69) is 4.98 Å². The largest absolute Gasteiger partial charge is 0.392 e. The highest BCUT2D eigenvalue weighted by Crippen LogP contribution is 2.22. The van der Waals surface area contributed by atoms with Crippen LogP contribution in [0.3, 0.4) is 0 Å². The molecule has 0 aliphatic rings. The predicted molar refractivity (Wildman–Crippen MR) is 59.3 cm³/mol. The third-order valence-electron chi connectivity index (χ3n) is 2.35. The summed E-state index contributed by atoms with van der Waals surface area (Å²) in [6.45, 7) is 1.90. The van der Waals surface area contributed by atoms with E-state index in [9.17, 15) is 13.9 Å². The van der Waals surface area contributed by atoms with Crippen molar-refractivity contribution in [3.63, 3.8) is 0 Å². The van der Waals surface area contributed by atoms with Gasteiger partial charge in [-0.25, -0.2) is 13.8 Å². The highest BCUT2D eigenvalue weighted by Gasteiger charge is 2.13. The van der Waals surface area contributed by atoms with Crippen LogP contribution in [-0.2, 0) is 6.54 Å². The first kappa shape index (κ1) is 11.7. The Hall–Kier alpha value is -1.75. The van der Waals surface area contributed by atoms with Crippen LogP contribution in [0.5, 0.6) is 0 Å². The molecule has 5 heteroatoms. The molecule has 0 fully saturated rings. The first-order chi connectivity index (χ1) is 8.08. The van der Waals surface area contributed by atoms with E-state index in [-0.39, 0.29) is 12.1 Å². The van der Waals surface area contributed by atoms with Gasteiger partial charge in [-0.1, -0.05) is 0 Å². The first-order valence-corrected chi connectivity index (χ1v) is 5.22. The van der Waals surface area contributed by atoms with Gasteiger partial charge in [0, 0.05) is 18.9 Å². The van der Waals surface area contributed by atoms with Crippen molar-refractivity contribution in [1.29, 1.82) is 0 Å². The molecule has 0 radical (unpaired) electrons. The van der Waals surface area contributed by atoms with Crippen LogP contribution in [-0.4, -0.2) is 20.8 Å². The normalized spacial score (nSPS) is 12.7. The molecule has 0 amide bonds. The van der Waals surface area contributed by atoms with Crippen molar-refractivity contribution in [3.05, 3.63) is 42.2 Å². The van der Waals surface area contributed by atoms with E-state index in [1.807, 2.05) is 0 Å². The van der Waals surface area contributed by atoms with Crippen molar-refractivity contribution in [2.45, 2.75) is 19.6 Å². The number of nitrogens with zero attached hydrogens (tertiary/aromatic N) is 2. The lowest BCUT2D eigenvalue weighted by molar-refractivity contribution is 0.174. The molecular formula is C12H12F2N2O. The Kier molecular flexibility index (Phi) is 3.19. The average Bonchev–Trinajstić information content (AvgIpc) is 2.69. The van der Waals surface area contributed by atoms with E-state index in [0.717, 1.165) is 18.2 Å². The number of benzene rings is 1. The molecule has 0 bridgehead atoms. The third-order valence-corrected chi connectivity index (χ3v) is 2.35. The van der Waals surface area contributed by atoms with Gasteiger partial charge in [0.25, 0.3) is 0 Å². The zero-order chi connectivity index (χ0) is 12.4. The fourth-order valence-corrected chi connectivity index (χ4v) is 1.65. The molecule has 1 aromatic carbocycles. The van der Waals surface area contributed by atoms with E-state index in [4.69, 9.17) is 0 Å². The summed E-state index contributed by atoms with van der Waals surface area (Å²) in [6, 6.07) is 3.21. The molecule has 1 unspecified atom stereocenters. The maximum absolute atomic E-state index is 13.6. The zero-order valence-corrected chi connectivity index (χ0v) is 9.27. The molecule has 2 rings (SSSR count). The number of imidazole rings is 1. The van der Waals surface area contributed by atoms with E-state index >= 15 is 0 Å². The SMILES string of the molecule is CC(O)Cn1ccnc1-c1cc(F)ccc1F. The van der Waals surface area contributed by atoms with Crippen molar-refractivity contribution in [2.75, 3.05) is 0 Å². The summed E-state index contributed by atoms with van der Waals surface area (Å²) in [5.41, 5.74) is 0.0932. The maximum atomic E-state index is 13.6. The molecule has 0 aliphatic heterocycles. The molecule has 2 aromatic rings. The molecule has 90 valence electrons. The number of rotatable bonds is 3. The fraction of sp³-hybridized carbons (Fsp3) is 0.250. The minimum atomic E-state index is -0.584. The summed E-state index contributed by atoms with van der Waals surface area (Å²) in [5.74, 6) is -0.750. The minimum absolute atomic E-state index is 0.0932. The topological polar surface area (TPSA) is 38.0 Å². The monoisotopic (exact) mass is 238 g/mol. The molecule has 1 N–H and O–H groups in total. The lowest BCUT2D eigenvalue weighted by atomic mass is 10.2. The molecule has 0 saturated heterocycles. The quantitative estimate of drug-likeness (QED) is 0.890. The van der Waals surface area contributed by atoms with Gasteiger partial charge in [-0.05, 0) is 25.1 Å². The second-order valence-electron chi connectivity index (χ2n) is 3.88. The zero-order valence-electron chi connectivity index (χ0n) is 9.27. The van der Waals surface area contributed by atoms with Gasteiger partial charge in [-0.2, -0.15) is 0 Å². The van der Waals surface area contributed by atoms with Crippen molar-refractivity contribution >= 4 is 0 Å². The van der Waals surface area contributed by atoms with Crippen molar-refractivity contribution in [3.8, 4) is 11.4 Å². The number of hydrogen-bond acceptors (Lipinski definition) is 2. The Morgan fingerprint density at radius 1 is 1.41 bits per heavy atom. The maximum Gasteiger partial charge on any atom is 0.143 e. The van der Waals surface area contributed by atoms with Gasteiger partial charge < -0.3 is 9.67 Å². The van der Waals surface area contributed by atoms with E-state index in [1.165, 1.54) is 6.20 Å². The second-order valence-corrected chi connectivity index (χ2v) is 3.88. The van der Waals surface area contributed by atoms with Crippen LogP contribution < -0.4 is 0 Å². The second kappa shape index (κ2) is 4.63. The van der Waals surface area contributed by atoms with Crippen LogP contribution >= 0.6 is 0 Å². The van der Waals surface area contributed by atoms with Crippen LogP contribution in [0, 0.1) is 11.6 Å². The molecule has 3 nitrogen and oxygen atoms in total. The summed E-state index contributed by atoms with van der Waals surface area (Å²) in [7, 11) is 0. The van der Waals surface area contributed by atoms with Crippen LogP contribution in [0.2, 0.25) is 0 Å². The van der Waals surface area contributed by atoms with Gasteiger partial charge in [0.05, 0.1) is 11.7 Å². The van der Waals surface area contributed by atoms with Crippen LogP contribution in [0.15, 0.2) is 30.6 Å². The number of aromatic nitrogens is 2. The summed E-state index contributed by atoms with van der Waals surface area (Å²) in [5, 5.41) is 9.30. The van der Waals surface area contributed by atoms with Crippen molar-refractivity contribution in [2.24, 2.45) is 0 Å². The third kappa shape index (κ3) is 2.50. The van der Waals surface area contributed by atoms with Gasteiger partial charge in [0.2, 0.25) is 0 Å². The highest BCUT2D eigenvalue weighted by molar-refractivity contribution is 5.56. The minimum Gasteiger partial charge on any atom is -0.392 e. The number of aliphatic hydroxyl groups excluding tert-OH is 1. The number of aliphatic hydroxyl groups is 1. The Balaban J connectivity index is 2.45. The smallest absolute Gasteiger partial charge is 0.143 e. The molecule has 0 spiro atoms. The number of halogens is 2. The van der Waals surface area contributed by atoms with E-state index in [0.29, 0.717) is 5.82 Å². The fourth-order valence-electron chi connectivity index (χ4n) is 1.65. The van der Waals surface area contributed by atoms with Crippen LogP contribution in [0.4, 0.5) is 8.78 Å². The van der Waals surface area contributed by atoms with Crippen LogP contribution in [0.25, 0.3) is 11.4 Å². The van der Waals surface area contributed by atoms with Gasteiger partial charge >= 0.3 is 0 Å². The first-order valence-electron chi connectivity index (χ1n) is 5.22. The summed E-state index contributed by atoms with van der Waals surface area (Å²) in [6.07, 6.45) is 2.52. The Bertz CT molecular complexity index is 523. The van der Waals surface area contributed by atoms with Gasteiger partial charge in [0.15, 0.2) is 0 Å². The highest BCUT2D eigenvalue weighted by atomic mass is 19.1. The Labute approximate surface area is 97.3 Å².